The topological polar surface area (TPSA) is 75.4 Å². The number of aliphatic hydroxyl groups is 1. The molecule has 0 radical (unpaired) electrons. The second kappa shape index (κ2) is 4.75. The van der Waals surface area contributed by atoms with Crippen molar-refractivity contribution in [2.75, 3.05) is 11.9 Å². The van der Waals surface area contributed by atoms with E-state index in [2.05, 4.69) is 5.32 Å². The van der Waals surface area contributed by atoms with Gasteiger partial charge in [0.15, 0.2) is 0 Å². The van der Waals surface area contributed by atoms with E-state index in [4.69, 9.17) is 5.11 Å². The number of hydrogen-bond donors (Lipinski definition) is 2. The summed E-state index contributed by atoms with van der Waals surface area (Å²) in [4.78, 5) is 10.3. The van der Waals surface area contributed by atoms with E-state index in [0.29, 0.717) is 5.69 Å². The van der Waals surface area contributed by atoms with Crippen LogP contribution in [-0.4, -0.2) is 22.7 Å². The molecule has 5 nitrogen and oxygen atoms in total. The number of hydrogen-bond acceptors (Lipinski definition) is 4. The molecule has 0 aliphatic rings. The predicted molar refractivity (Wildman–Crippen MR) is 58.0 cm³/mol. The number of rotatable bonds is 4. The number of nitrogens with zero attached hydrogens (tertiary/aromatic N) is 1. The van der Waals surface area contributed by atoms with Gasteiger partial charge in [0, 0.05) is 12.1 Å². The van der Waals surface area contributed by atoms with Gasteiger partial charge in [-0.1, -0.05) is 6.07 Å². The minimum absolute atomic E-state index is 0.0286. The van der Waals surface area contributed by atoms with Crippen LogP contribution in [0.5, 0.6) is 0 Å². The smallest absolute Gasteiger partial charge is 0.292 e. The summed E-state index contributed by atoms with van der Waals surface area (Å²) in [5.74, 6) is 0. The molecule has 0 saturated heterocycles. The molecule has 1 aromatic rings. The van der Waals surface area contributed by atoms with Gasteiger partial charge in [-0.25, -0.2) is 0 Å². The third-order valence-electron chi connectivity index (χ3n) is 2.02. The van der Waals surface area contributed by atoms with E-state index < -0.39 is 4.92 Å². The van der Waals surface area contributed by atoms with E-state index in [1.165, 1.54) is 6.07 Å². The highest BCUT2D eigenvalue weighted by Crippen LogP contribution is 2.25. The molecule has 0 spiro atoms. The van der Waals surface area contributed by atoms with E-state index in [1.807, 2.05) is 6.92 Å². The number of aryl methyl sites for hydroxylation is 1. The maximum absolute atomic E-state index is 10.7. The summed E-state index contributed by atoms with van der Waals surface area (Å²) >= 11 is 0. The maximum Gasteiger partial charge on any atom is 0.292 e. The van der Waals surface area contributed by atoms with Crippen molar-refractivity contribution in [2.24, 2.45) is 0 Å². The molecule has 15 heavy (non-hydrogen) atoms. The van der Waals surface area contributed by atoms with Crippen LogP contribution in [0.25, 0.3) is 0 Å². The van der Waals surface area contributed by atoms with Gasteiger partial charge in [-0.05, 0) is 25.5 Å². The molecule has 0 fully saturated rings. The number of nitro benzene ring substituents is 1. The quantitative estimate of drug-likeness (QED) is 0.585. The number of aliphatic hydroxyl groups excluding tert-OH is 1. The first-order valence-electron chi connectivity index (χ1n) is 4.67. The minimum Gasteiger partial charge on any atom is -0.394 e. The van der Waals surface area contributed by atoms with Crippen molar-refractivity contribution in [3.63, 3.8) is 0 Å². The average Bonchev–Trinajstić information content (AvgIpc) is 2.17. The van der Waals surface area contributed by atoms with Crippen molar-refractivity contribution < 1.29 is 10.0 Å². The van der Waals surface area contributed by atoms with Crippen molar-refractivity contribution in [1.29, 1.82) is 0 Å². The van der Waals surface area contributed by atoms with Crippen molar-refractivity contribution in [1.82, 2.24) is 0 Å². The predicted octanol–water partition coefficient (Wildman–Crippen LogP) is 1.70. The van der Waals surface area contributed by atoms with Crippen molar-refractivity contribution in [3.8, 4) is 0 Å². The first-order valence-corrected chi connectivity index (χ1v) is 4.67. The lowest BCUT2D eigenvalue weighted by atomic mass is 10.2. The van der Waals surface area contributed by atoms with Gasteiger partial charge in [0.25, 0.3) is 5.69 Å². The van der Waals surface area contributed by atoms with E-state index in [9.17, 15) is 10.1 Å². The average molecular weight is 210 g/mol. The Hall–Kier alpha value is -1.62. The first kappa shape index (κ1) is 11.5. The Morgan fingerprint density at radius 3 is 2.80 bits per heavy atom. The lowest BCUT2D eigenvalue weighted by molar-refractivity contribution is -0.384. The van der Waals surface area contributed by atoms with Crippen molar-refractivity contribution >= 4 is 11.4 Å². The van der Waals surface area contributed by atoms with Gasteiger partial charge >= 0.3 is 0 Å². The van der Waals surface area contributed by atoms with Crippen LogP contribution in [0, 0.1) is 17.0 Å². The van der Waals surface area contributed by atoms with Gasteiger partial charge in [-0.15, -0.1) is 0 Å². The fourth-order valence-corrected chi connectivity index (χ4v) is 1.24. The Bertz CT molecular complexity index is 366. The molecule has 0 unspecified atom stereocenters. The summed E-state index contributed by atoms with van der Waals surface area (Å²) < 4.78 is 0. The minimum atomic E-state index is -0.439. The highest BCUT2D eigenvalue weighted by molar-refractivity contribution is 5.63. The summed E-state index contributed by atoms with van der Waals surface area (Å²) in [5.41, 5.74) is 1.41. The number of nitro groups is 1. The van der Waals surface area contributed by atoms with Crippen molar-refractivity contribution in [2.45, 2.75) is 19.9 Å². The molecule has 0 amide bonds. The van der Waals surface area contributed by atoms with E-state index >= 15 is 0 Å². The normalized spacial score (nSPS) is 12.2. The molecular formula is C10H14N2O3. The molecule has 0 aliphatic heterocycles. The summed E-state index contributed by atoms with van der Waals surface area (Å²) in [5, 5.41) is 22.5. The standard InChI is InChI=1S/C10H14N2O3/c1-7-3-4-10(12(14)15)9(5-7)11-8(2)6-13/h3-5,8,11,13H,6H2,1-2H3/t8-/m0/s1. The van der Waals surface area contributed by atoms with Gasteiger partial charge in [-0.3, -0.25) is 10.1 Å². The first-order chi connectivity index (χ1) is 7.04. The maximum atomic E-state index is 10.7. The fraction of sp³-hybridized carbons (Fsp3) is 0.400. The Morgan fingerprint density at radius 2 is 2.27 bits per heavy atom. The number of benzene rings is 1. The van der Waals surface area contributed by atoms with Crippen LogP contribution in [0.15, 0.2) is 18.2 Å². The van der Waals surface area contributed by atoms with Crippen LogP contribution in [0.3, 0.4) is 0 Å². The van der Waals surface area contributed by atoms with E-state index in [1.54, 1.807) is 19.1 Å². The lowest BCUT2D eigenvalue weighted by Crippen LogP contribution is -2.20. The third kappa shape index (κ3) is 2.92. The summed E-state index contributed by atoms with van der Waals surface area (Å²) in [6.07, 6.45) is 0. The highest BCUT2D eigenvalue weighted by Gasteiger charge is 2.14. The SMILES string of the molecule is Cc1ccc([N+](=O)[O-])c(N[C@@H](C)CO)c1. The molecule has 0 aliphatic carbocycles. The van der Waals surface area contributed by atoms with Crippen LogP contribution in [0.4, 0.5) is 11.4 Å². The van der Waals surface area contributed by atoms with Crippen LogP contribution in [0.2, 0.25) is 0 Å². The molecule has 1 rings (SSSR count). The second-order valence-corrected chi connectivity index (χ2v) is 3.51. The zero-order valence-corrected chi connectivity index (χ0v) is 8.73. The third-order valence-corrected chi connectivity index (χ3v) is 2.02. The van der Waals surface area contributed by atoms with Crippen LogP contribution < -0.4 is 5.32 Å². The molecule has 1 atom stereocenters. The highest BCUT2D eigenvalue weighted by atomic mass is 16.6. The molecule has 0 aromatic heterocycles. The van der Waals surface area contributed by atoms with Crippen molar-refractivity contribution in [3.05, 3.63) is 33.9 Å². The number of nitrogens with one attached hydrogen (secondary N) is 1. The van der Waals surface area contributed by atoms with Crippen LogP contribution in [0.1, 0.15) is 12.5 Å². The molecule has 5 heteroatoms. The molecule has 1 aromatic carbocycles. The summed E-state index contributed by atoms with van der Waals surface area (Å²) in [7, 11) is 0. The Labute approximate surface area is 87.9 Å². The molecule has 2 N–H and O–H groups in total. The Balaban J connectivity index is 3.02. The molecule has 0 bridgehead atoms. The largest absolute Gasteiger partial charge is 0.394 e. The lowest BCUT2D eigenvalue weighted by Gasteiger charge is -2.12. The number of anilines is 1. The zero-order chi connectivity index (χ0) is 11.4. The van der Waals surface area contributed by atoms with Gasteiger partial charge in [0.2, 0.25) is 0 Å². The molecule has 82 valence electrons. The van der Waals surface area contributed by atoms with Gasteiger partial charge in [0.05, 0.1) is 11.5 Å². The van der Waals surface area contributed by atoms with E-state index in [-0.39, 0.29) is 18.3 Å². The van der Waals surface area contributed by atoms with Crippen LogP contribution in [-0.2, 0) is 0 Å². The molecule has 0 saturated carbocycles. The van der Waals surface area contributed by atoms with Crippen LogP contribution >= 0.6 is 0 Å². The van der Waals surface area contributed by atoms with Gasteiger partial charge in [0.1, 0.15) is 5.69 Å². The monoisotopic (exact) mass is 210 g/mol. The second-order valence-electron chi connectivity index (χ2n) is 3.51. The van der Waals surface area contributed by atoms with E-state index in [0.717, 1.165) is 5.56 Å². The summed E-state index contributed by atoms with van der Waals surface area (Å²) in [6.45, 7) is 3.55. The Kier molecular flexibility index (Phi) is 3.62. The fourth-order valence-electron chi connectivity index (χ4n) is 1.24. The molecular weight excluding hydrogens is 196 g/mol. The van der Waals surface area contributed by atoms with Gasteiger partial charge in [-0.2, -0.15) is 0 Å². The van der Waals surface area contributed by atoms with Gasteiger partial charge < -0.3 is 10.4 Å². The molecule has 0 heterocycles. The Morgan fingerprint density at radius 1 is 1.60 bits per heavy atom. The zero-order valence-electron chi connectivity index (χ0n) is 8.73. The summed E-state index contributed by atoms with van der Waals surface area (Å²) in [6, 6.07) is 4.64.